The van der Waals surface area contributed by atoms with Crippen molar-refractivity contribution in [2.45, 2.75) is 69.3 Å². The van der Waals surface area contributed by atoms with Gasteiger partial charge in [0.1, 0.15) is 25.2 Å². The highest BCUT2D eigenvalue weighted by molar-refractivity contribution is 5.90. The van der Waals surface area contributed by atoms with E-state index in [-0.39, 0.29) is 19.0 Å². The summed E-state index contributed by atoms with van der Waals surface area (Å²) in [5.74, 6) is 0.120. The Hall–Kier alpha value is -2.66. The number of fused-ring (bicyclic) bond motifs is 1. The molecule has 4 saturated carbocycles. The second kappa shape index (κ2) is 9.33. The number of carboxylic acid groups (broad SMARTS) is 1. The lowest BCUT2D eigenvalue weighted by molar-refractivity contribution is -0.903. The van der Waals surface area contributed by atoms with Crippen LogP contribution in [0.4, 0.5) is 13.2 Å². The molecule has 1 saturated heterocycles. The second-order valence-corrected chi connectivity index (χ2v) is 11.2. The first-order valence-electron chi connectivity index (χ1n) is 12.6. The number of quaternary nitrogens is 1. The van der Waals surface area contributed by atoms with E-state index in [0.29, 0.717) is 5.82 Å². The van der Waals surface area contributed by atoms with Crippen LogP contribution >= 0.6 is 0 Å². The van der Waals surface area contributed by atoms with Crippen molar-refractivity contribution in [3.63, 3.8) is 0 Å². The van der Waals surface area contributed by atoms with E-state index in [1.807, 2.05) is 22.7 Å². The number of halogens is 3. The van der Waals surface area contributed by atoms with E-state index in [2.05, 4.69) is 16.4 Å². The number of hydrogen-bond acceptors (Lipinski definition) is 4. The van der Waals surface area contributed by atoms with E-state index in [4.69, 9.17) is 9.90 Å². The molecule has 4 bridgehead atoms. The molecule has 5 aliphatic rings. The number of aliphatic hydroxyl groups excluding tert-OH is 1. The van der Waals surface area contributed by atoms with Crippen molar-refractivity contribution in [3.8, 4) is 0 Å². The molecule has 5 fully saturated rings. The fourth-order valence-corrected chi connectivity index (χ4v) is 7.33. The average molecular weight is 512 g/mol. The zero-order valence-electron chi connectivity index (χ0n) is 19.9. The van der Waals surface area contributed by atoms with Crippen molar-refractivity contribution in [1.29, 1.82) is 0 Å². The minimum absolute atomic E-state index is 0. The molecule has 198 valence electrons. The highest BCUT2D eigenvalue weighted by Gasteiger charge is 2.52. The summed E-state index contributed by atoms with van der Waals surface area (Å²) in [5, 5.41) is 22.2. The molecule has 4 N–H and O–H groups in total. The molecule has 4 aliphatic carbocycles. The molecule has 2 unspecified atom stereocenters. The number of aliphatic hydroxyl groups is 1. The summed E-state index contributed by atoms with van der Waals surface area (Å²) in [5.41, 5.74) is 2.17. The highest BCUT2D eigenvalue weighted by Crippen LogP contribution is 2.55. The van der Waals surface area contributed by atoms with Crippen molar-refractivity contribution in [2.75, 3.05) is 13.1 Å². The van der Waals surface area contributed by atoms with Crippen molar-refractivity contribution in [2.24, 2.45) is 17.8 Å². The standard InChI is InChI=1S/C23H30N4O2.C2HF3O2.H2/c28-18-4-6-26(13-18)14-19-20-3-1-2-5-27(20)21(24-19)22(29)25-23-10-15-7-16(11-23)9-17(8-15)12-23;3-2(4,5)1(6)7;/h1-3,5,15-18,28H,4,6-14H2,(H,25,29);(H,6,7);1H/p+1. The third-order valence-electron chi connectivity index (χ3n) is 8.32. The van der Waals surface area contributed by atoms with Gasteiger partial charge in [-0.3, -0.25) is 4.79 Å². The van der Waals surface area contributed by atoms with Crippen LogP contribution in [0.5, 0.6) is 0 Å². The van der Waals surface area contributed by atoms with Crippen LogP contribution in [-0.2, 0) is 11.3 Å². The van der Waals surface area contributed by atoms with Gasteiger partial charge < -0.3 is 25.2 Å². The first-order valence-corrected chi connectivity index (χ1v) is 12.6. The van der Waals surface area contributed by atoms with E-state index < -0.39 is 12.1 Å². The van der Waals surface area contributed by atoms with Crippen LogP contribution in [-0.4, -0.2) is 52.9 Å². The number of likely N-dealkylation sites (tertiary alicyclic amines) is 1. The molecule has 1 amide bonds. The van der Waals surface area contributed by atoms with Gasteiger partial charge in [-0.2, -0.15) is 17.6 Å². The highest BCUT2D eigenvalue weighted by atomic mass is 19.4. The monoisotopic (exact) mass is 511 g/mol. The maximum Gasteiger partial charge on any atom is 0.430 e. The molecule has 1 aliphatic heterocycles. The van der Waals surface area contributed by atoms with E-state index in [0.717, 1.165) is 74.3 Å². The molecule has 8 nitrogen and oxygen atoms in total. The van der Waals surface area contributed by atoms with Gasteiger partial charge in [-0.25, -0.2) is 4.98 Å². The van der Waals surface area contributed by atoms with E-state index >= 15 is 0 Å². The fourth-order valence-electron chi connectivity index (χ4n) is 7.33. The predicted octanol–water partition coefficient (Wildman–Crippen LogP) is 0.146. The van der Waals surface area contributed by atoms with Crippen molar-refractivity contribution < 1.29 is 43.7 Å². The second-order valence-electron chi connectivity index (χ2n) is 11.2. The number of nitrogens with one attached hydrogen (secondary N) is 3. The number of aliphatic carboxylic acids is 1. The van der Waals surface area contributed by atoms with Gasteiger partial charge in [0.15, 0.2) is 5.52 Å². The molecule has 7 rings (SSSR count). The van der Waals surface area contributed by atoms with Gasteiger partial charge >= 0.3 is 17.9 Å². The lowest BCUT2D eigenvalue weighted by Crippen LogP contribution is -3.09. The van der Waals surface area contributed by atoms with Gasteiger partial charge in [-0.15, -0.1) is 0 Å². The van der Waals surface area contributed by atoms with Crippen LogP contribution in [0.25, 0.3) is 5.52 Å². The van der Waals surface area contributed by atoms with Crippen LogP contribution in [0, 0.1) is 17.8 Å². The quantitative estimate of drug-likeness (QED) is 0.438. The summed E-state index contributed by atoms with van der Waals surface area (Å²) in [4.78, 5) is 27.1. The van der Waals surface area contributed by atoms with E-state index in [9.17, 15) is 23.1 Å². The molecule has 0 radical (unpaired) electrons. The maximum absolute atomic E-state index is 13.4. The fraction of sp³-hybridized carbons (Fsp3) is 0.640. The number of aromatic nitrogens is 2. The van der Waals surface area contributed by atoms with Gasteiger partial charge in [0.25, 0.3) is 0 Å². The van der Waals surface area contributed by atoms with Crippen LogP contribution in [0.2, 0.25) is 0 Å². The van der Waals surface area contributed by atoms with Crippen LogP contribution in [0.3, 0.4) is 0 Å². The van der Waals surface area contributed by atoms with E-state index in [1.54, 1.807) is 0 Å². The smallest absolute Gasteiger partial charge is 0.430 e. The topological polar surface area (TPSA) is 114 Å². The summed E-state index contributed by atoms with van der Waals surface area (Å²) in [6.45, 7) is 2.58. The van der Waals surface area contributed by atoms with Crippen LogP contribution < -0.4 is 19.7 Å². The molecule has 3 heterocycles. The Balaban J connectivity index is 0.000000356. The molecule has 2 atom stereocenters. The Kier molecular flexibility index (Phi) is 6.48. The normalized spacial score (nSPS) is 32.8. The molecule has 2 aromatic heterocycles. The number of H-pyrrole nitrogens is 1. The lowest BCUT2D eigenvalue weighted by Gasteiger charge is -2.56. The number of amides is 1. The summed E-state index contributed by atoms with van der Waals surface area (Å²) < 4.78 is 33.6. The summed E-state index contributed by atoms with van der Waals surface area (Å²) >= 11 is 0. The SMILES string of the molecule is O=C(NC12CC3CC(CC(C3)C1)C2)c1[nH]c(C[NH+]2CCC(O)C2)c2cccc[n+]12.O=C([O-])C(F)(F)F.[HH]. The molecular formula is C25H34F3N4O4+. The Morgan fingerprint density at radius 1 is 1.19 bits per heavy atom. The summed E-state index contributed by atoms with van der Waals surface area (Å²) in [6, 6.07) is 6.10. The van der Waals surface area contributed by atoms with Crippen molar-refractivity contribution in [1.82, 2.24) is 10.3 Å². The number of nitrogens with zero attached hydrogens (tertiary/aromatic N) is 1. The number of carbonyl (C=O) groups excluding carboxylic acids is 2. The number of hydrogen-bond donors (Lipinski definition) is 4. The molecule has 0 aromatic carbocycles. The lowest BCUT2D eigenvalue weighted by atomic mass is 9.53. The molecule has 2 aromatic rings. The first kappa shape index (κ1) is 25.0. The predicted molar refractivity (Wildman–Crippen MR) is 121 cm³/mol. The minimum atomic E-state index is -5.19. The Bertz CT molecular complexity index is 1120. The van der Waals surface area contributed by atoms with Crippen molar-refractivity contribution >= 4 is 17.4 Å². The minimum Gasteiger partial charge on any atom is -0.542 e. The zero-order chi connectivity index (χ0) is 25.7. The third-order valence-corrected chi connectivity index (χ3v) is 8.32. The molecule has 0 spiro atoms. The number of carbonyl (C=O) groups is 2. The largest absolute Gasteiger partial charge is 0.542 e. The van der Waals surface area contributed by atoms with Crippen LogP contribution in [0.15, 0.2) is 24.4 Å². The zero-order valence-corrected chi connectivity index (χ0v) is 19.9. The number of pyridine rings is 1. The van der Waals surface area contributed by atoms with Gasteiger partial charge in [-0.05, 0) is 68.4 Å². The van der Waals surface area contributed by atoms with Crippen molar-refractivity contribution in [3.05, 3.63) is 35.9 Å². The van der Waals surface area contributed by atoms with Gasteiger partial charge in [0.2, 0.25) is 5.69 Å². The average Bonchev–Trinajstić information content (AvgIpc) is 3.36. The summed E-state index contributed by atoms with van der Waals surface area (Å²) in [7, 11) is 0. The van der Waals surface area contributed by atoms with Gasteiger partial charge in [-0.1, -0.05) is 6.07 Å². The number of rotatable bonds is 4. The Morgan fingerprint density at radius 2 is 1.81 bits per heavy atom. The van der Waals surface area contributed by atoms with Gasteiger partial charge in [0.05, 0.1) is 12.7 Å². The number of imidazole rings is 1. The molecule has 11 heteroatoms. The number of aromatic amines is 1. The Morgan fingerprint density at radius 3 is 2.33 bits per heavy atom. The maximum atomic E-state index is 13.4. The summed E-state index contributed by atoms with van der Waals surface area (Å²) in [6.07, 6.45) is 5.08. The van der Waals surface area contributed by atoms with Crippen LogP contribution in [0.1, 0.15) is 62.7 Å². The Labute approximate surface area is 208 Å². The first-order chi connectivity index (χ1) is 17.0. The van der Waals surface area contributed by atoms with Gasteiger partial charge in [0, 0.05) is 13.4 Å². The molecular weight excluding hydrogens is 477 g/mol. The van der Waals surface area contributed by atoms with E-state index in [1.165, 1.54) is 24.2 Å². The number of carboxylic acids is 1. The molecule has 36 heavy (non-hydrogen) atoms. The third kappa shape index (κ3) is 5.08. The number of alkyl halides is 3.